The van der Waals surface area contributed by atoms with Crippen molar-refractivity contribution in [3.63, 3.8) is 0 Å². The van der Waals surface area contributed by atoms with Crippen LogP contribution in [-0.4, -0.2) is 60.5 Å². The predicted octanol–water partition coefficient (Wildman–Crippen LogP) is 3.37. The van der Waals surface area contributed by atoms with Crippen LogP contribution in [0.25, 0.3) is 0 Å². The van der Waals surface area contributed by atoms with Crippen LogP contribution < -0.4 is 20.3 Å². The summed E-state index contributed by atoms with van der Waals surface area (Å²) in [5.41, 5.74) is 0.890. The highest BCUT2D eigenvalue weighted by Crippen LogP contribution is 2.35. The van der Waals surface area contributed by atoms with E-state index in [0.717, 1.165) is 42.9 Å². The van der Waals surface area contributed by atoms with E-state index in [1.165, 1.54) is 0 Å². The summed E-state index contributed by atoms with van der Waals surface area (Å²) in [7, 11) is 1.64. The van der Waals surface area contributed by atoms with Crippen molar-refractivity contribution in [3.8, 4) is 5.75 Å². The molecule has 36 heavy (non-hydrogen) atoms. The molecule has 0 saturated carbocycles. The van der Waals surface area contributed by atoms with Gasteiger partial charge in [0.25, 0.3) is 0 Å². The zero-order valence-electron chi connectivity index (χ0n) is 21.2. The van der Waals surface area contributed by atoms with Crippen LogP contribution in [0.5, 0.6) is 5.75 Å². The van der Waals surface area contributed by atoms with Gasteiger partial charge in [-0.05, 0) is 70.0 Å². The largest absolute Gasteiger partial charge is 0.497 e. The standard InChI is InChI=1S/C14H19NO4.C13H16N2O2/c1-14(2,3)19-13(18)15-11(12(16)17)9-10-7-5-4-6-8-10;1-17-11-5-3-10(4-6-11)15-9-13(12(15)16)7-2-8-14-13/h4-8,11H,9H2,1-3H3,(H,15,18)(H,16,17);3-6,14H,2,7-9H2,1H3/t11-;13-/m01/s1. The van der Waals surface area contributed by atoms with E-state index in [0.29, 0.717) is 0 Å². The number of anilines is 1. The molecule has 1 spiro atoms. The monoisotopic (exact) mass is 497 g/mol. The average molecular weight is 498 g/mol. The van der Waals surface area contributed by atoms with E-state index >= 15 is 0 Å². The summed E-state index contributed by atoms with van der Waals surface area (Å²) in [6.07, 6.45) is 1.56. The summed E-state index contributed by atoms with van der Waals surface area (Å²) in [6.45, 7) is 6.92. The second kappa shape index (κ2) is 11.4. The molecule has 194 valence electrons. The second-order valence-electron chi connectivity index (χ2n) is 9.93. The molecule has 2 saturated heterocycles. The number of hydrogen-bond acceptors (Lipinski definition) is 6. The minimum Gasteiger partial charge on any atom is -0.497 e. The molecule has 2 aliphatic heterocycles. The van der Waals surface area contributed by atoms with Gasteiger partial charge in [-0.1, -0.05) is 30.3 Å². The van der Waals surface area contributed by atoms with Crippen molar-refractivity contribution in [1.82, 2.24) is 10.6 Å². The van der Waals surface area contributed by atoms with Gasteiger partial charge in [-0.2, -0.15) is 0 Å². The van der Waals surface area contributed by atoms with Gasteiger partial charge in [0.05, 0.1) is 13.7 Å². The molecule has 2 aromatic rings. The maximum absolute atomic E-state index is 12.2. The molecule has 2 fully saturated rings. The Kier molecular flexibility index (Phi) is 8.57. The van der Waals surface area contributed by atoms with Crippen molar-refractivity contribution in [1.29, 1.82) is 0 Å². The number of amides is 2. The van der Waals surface area contributed by atoms with E-state index in [9.17, 15) is 14.4 Å². The summed E-state index contributed by atoms with van der Waals surface area (Å²) >= 11 is 0. The van der Waals surface area contributed by atoms with Crippen LogP contribution in [0.3, 0.4) is 0 Å². The number of carboxylic acids is 1. The highest BCUT2D eigenvalue weighted by atomic mass is 16.6. The topological polar surface area (TPSA) is 117 Å². The average Bonchev–Trinajstić information content (AvgIpc) is 3.34. The lowest BCUT2D eigenvalue weighted by atomic mass is 9.86. The minimum absolute atomic E-state index is 0.208. The van der Waals surface area contributed by atoms with E-state index in [1.54, 1.807) is 27.9 Å². The number of rotatable bonds is 6. The maximum Gasteiger partial charge on any atom is 0.408 e. The third-order valence-corrected chi connectivity index (χ3v) is 5.98. The first-order valence-electron chi connectivity index (χ1n) is 12.0. The molecule has 2 atom stereocenters. The lowest BCUT2D eigenvalue weighted by Gasteiger charge is -2.46. The van der Waals surface area contributed by atoms with E-state index in [2.05, 4.69) is 10.6 Å². The highest BCUT2D eigenvalue weighted by molar-refractivity contribution is 6.07. The molecular formula is C27H35N3O6. The fourth-order valence-electron chi connectivity index (χ4n) is 4.17. The number of carbonyl (C=O) groups excluding carboxylic acids is 2. The van der Waals surface area contributed by atoms with Gasteiger partial charge in [0.1, 0.15) is 22.9 Å². The van der Waals surface area contributed by atoms with E-state index < -0.39 is 23.7 Å². The van der Waals surface area contributed by atoms with Gasteiger partial charge < -0.3 is 30.1 Å². The van der Waals surface area contributed by atoms with Crippen molar-refractivity contribution in [2.24, 2.45) is 0 Å². The van der Waals surface area contributed by atoms with Crippen LogP contribution in [0.2, 0.25) is 0 Å². The molecule has 0 aliphatic carbocycles. The third kappa shape index (κ3) is 6.97. The van der Waals surface area contributed by atoms with Crippen LogP contribution in [-0.2, 0) is 20.7 Å². The van der Waals surface area contributed by atoms with Gasteiger partial charge in [0.15, 0.2) is 0 Å². The summed E-state index contributed by atoms with van der Waals surface area (Å²) in [4.78, 5) is 36.7. The SMILES string of the molecule is CC(C)(C)OC(=O)N[C@@H](Cc1ccccc1)C(=O)O.COc1ccc(N2C[C@]3(CCCN3)C2=O)cc1. The number of alkyl carbamates (subject to hydrolysis) is 1. The lowest BCUT2D eigenvalue weighted by Crippen LogP contribution is -2.71. The molecule has 4 rings (SSSR count). The summed E-state index contributed by atoms with van der Waals surface area (Å²) in [6, 6.07) is 15.7. The normalized spacial score (nSPS) is 19.6. The van der Waals surface area contributed by atoms with Gasteiger partial charge in [-0.15, -0.1) is 0 Å². The summed E-state index contributed by atoms with van der Waals surface area (Å²) in [5, 5.41) is 14.8. The Balaban J connectivity index is 0.000000201. The molecule has 2 amide bonds. The highest BCUT2D eigenvalue weighted by Gasteiger charge is 2.53. The first-order chi connectivity index (χ1) is 17.0. The van der Waals surface area contributed by atoms with Crippen LogP contribution >= 0.6 is 0 Å². The maximum atomic E-state index is 12.2. The van der Waals surface area contributed by atoms with Gasteiger partial charge in [-0.3, -0.25) is 4.79 Å². The quantitative estimate of drug-likeness (QED) is 0.524. The first kappa shape index (κ1) is 27.0. The zero-order valence-corrected chi connectivity index (χ0v) is 21.2. The molecule has 2 heterocycles. The second-order valence-corrected chi connectivity index (χ2v) is 9.93. The predicted molar refractivity (Wildman–Crippen MR) is 136 cm³/mol. The Bertz CT molecular complexity index is 1040. The molecule has 3 N–H and O–H groups in total. The smallest absolute Gasteiger partial charge is 0.408 e. The number of nitrogens with zero attached hydrogens (tertiary/aromatic N) is 1. The number of nitrogens with one attached hydrogen (secondary N) is 2. The number of hydrogen-bond donors (Lipinski definition) is 3. The number of ether oxygens (including phenoxy) is 2. The number of benzene rings is 2. The molecule has 2 aromatic carbocycles. The molecule has 2 aliphatic rings. The number of carbonyl (C=O) groups is 3. The number of carboxylic acid groups (broad SMARTS) is 1. The Morgan fingerprint density at radius 1 is 1.14 bits per heavy atom. The molecule has 0 bridgehead atoms. The molecule has 0 radical (unpaired) electrons. The summed E-state index contributed by atoms with van der Waals surface area (Å²) in [5.74, 6) is -0.0645. The Hall–Kier alpha value is -3.59. The molecule has 9 heteroatoms. The number of aliphatic carboxylic acids is 1. The number of methoxy groups -OCH3 is 1. The Morgan fingerprint density at radius 3 is 2.31 bits per heavy atom. The van der Waals surface area contributed by atoms with E-state index in [-0.39, 0.29) is 17.9 Å². The van der Waals surface area contributed by atoms with Crippen molar-refractivity contribution in [2.75, 3.05) is 25.1 Å². The van der Waals surface area contributed by atoms with Crippen LogP contribution in [0.15, 0.2) is 54.6 Å². The van der Waals surface area contributed by atoms with Gasteiger partial charge in [0.2, 0.25) is 5.91 Å². The fourth-order valence-corrected chi connectivity index (χ4v) is 4.17. The Morgan fingerprint density at radius 2 is 1.81 bits per heavy atom. The summed E-state index contributed by atoms with van der Waals surface area (Å²) < 4.78 is 10.1. The lowest BCUT2D eigenvalue weighted by molar-refractivity contribution is -0.139. The van der Waals surface area contributed by atoms with Crippen LogP contribution in [0, 0.1) is 0 Å². The van der Waals surface area contributed by atoms with Gasteiger partial charge in [-0.25, -0.2) is 9.59 Å². The van der Waals surface area contributed by atoms with E-state index in [4.69, 9.17) is 14.6 Å². The third-order valence-electron chi connectivity index (χ3n) is 5.98. The van der Waals surface area contributed by atoms with E-state index in [1.807, 2.05) is 59.5 Å². The van der Waals surface area contributed by atoms with Crippen molar-refractivity contribution < 1.29 is 29.0 Å². The van der Waals surface area contributed by atoms with Crippen molar-refractivity contribution in [3.05, 3.63) is 60.2 Å². The molecule has 0 aromatic heterocycles. The fraction of sp³-hybridized carbons (Fsp3) is 0.444. The first-order valence-corrected chi connectivity index (χ1v) is 12.0. The van der Waals surface area contributed by atoms with Crippen LogP contribution in [0.4, 0.5) is 10.5 Å². The van der Waals surface area contributed by atoms with Crippen LogP contribution in [0.1, 0.15) is 39.2 Å². The zero-order chi connectivity index (χ0) is 26.3. The number of β-lactam (4-membered cyclic amide) rings is 1. The van der Waals surface area contributed by atoms with Crippen molar-refractivity contribution >= 4 is 23.7 Å². The van der Waals surface area contributed by atoms with Gasteiger partial charge in [0, 0.05) is 12.1 Å². The van der Waals surface area contributed by atoms with Crippen molar-refractivity contribution in [2.45, 2.75) is 57.2 Å². The molecule has 9 nitrogen and oxygen atoms in total. The Labute approximate surface area is 211 Å². The molecule has 0 unspecified atom stereocenters. The minimum atomic E-state index is -1.09. The van der Waals surface area contributed by atoms with Gasteiger partial charge >= 0.3 is 12.1 Å². The molecular weight excluding hydrogens is 462 g/mol.